The molecule has 3 aromatic carbocycles. The average molecular weight is 370 g/mol. The van der Waals surface area contributed by atoms with Crippen LogP contribution in [0.2, 0.25) is 5.02 Å². The lowest BCUT2D eigenvalue weighted by Crippen LogP contribution is -1.99. The monoisotopic (exact) mass is 369 g/mol. The number of rotatable bonds is 2. The van der Waals surface area contributed by atoms with Crippen molar-refractivity contribution in [1.82, 2.24) is 14.8 Å². The maximum Gasteiger partial charge on any atom is 0.200 e. The highest BCUT2D eigenvalue weighted by Crippen LogP contribution is 2.40. The van der Waals surface area contributed by atoms with Gasteiger partial charge in [0.1, 0.15) is 16.5 Å². The van der Waals surface area contributed by atoms with Gasteiger partial charge in [-0.3, -0.25) is 9.67 Å². The summed E-state index contributed by atoms with van der Waals surface area (Å²) in [6.07, 6.45) is 0. The number of halogens is 1. The zero-order chi connectivity index (χ0) is 17.6. The van der Waals surface area contributed by atoms with E-state index in [1.807, 2.05) is 42.5 Å². The van der Waals surface area contributed by atoms with Crippen LogP contribution in [-0.4, -0.2) is 25.0 Å². The van der Waals surface area contributed by atoms with E-state index < -0.39 is 0 Å². The van der Waals surface area contributed by atoms with Gasteiger partial charge < -0.3 is 10.2 Å². The second kappa shape index (κ2) is 5.91. The van der Waals surface area contributed by atoms with Gasteiger partial charge in [0, 0.05) is 5.39 Å². The Morgan fingerprint density at radius 2 is 1.76 bits per heavy atom. The third-order valence-electron chi connectivity index (χ3n) is 4.02. The van der Waals surface area contributed by atoms with Crippen LogP contribution in [0.15, 0.2) is 54.6 Å². The van der Waals surface area contributed by atoms with E-state index in [0.29, 0.717) is 16.2 Å². The Labute approximate surface area is 152 Å². The Morgan fingerprint density at radius 1 is 1.00 bits per heavy atom. The van der Waals surface area contributed by atoms with E-state index >= 15 is 0 Å². The van der Waals surface area contributed by atoms with Crippen molar-refractivity contribution >= 4 is 34.6 Å². The Bertz CT molecular complexity index is 1160. The number of nitrogens with one attached hydrogen (secondary N) is 1. The molecule has 0 saturated carbocycles. The van der Waals surface area contributed by atoms with Crippen LogP contribution in [0.1, 0.15) is 0 Å². The summed E-state index contributed by atoms with van der Waals surface area (Å²) in [6, 6.07) is 16.7. The summed E-state index contributed by atoms with van der Waals surface area (Å²) in [4.78, 5) is 0. The minimum atomic E-state index is -0.253. The Hall–Kier alpha value is -2.83. The number of H-pyrrole nitrogens is 1. The van der Waals surface area contributed by atoms with E-state index in [0.717, 1.165) is 16.5 Å². The van der Waals surface area contributed by atoms with Gasteiger partial charge in [-0.1, -0.05) is 48.0 Å². The van der Waals surface area contributed by atoms with Crippen LogP contribution in [0.25, 0.3) is 27.8 Å². The quantitative estimate of drug-likeness (QED) is 0.443. The van der Waals surface area contributed by atoms with Crippen molar-refractivity contribution in [1.29, 1.82) is 0 Å². The van der Waals surface area contributed by atoms with Gasteiger partial charge >= 0.3 is 0 Å². The molecule has 7 heteroatoms. The van der Waals surface area contributed by atoms with E-state index in [1.165, 1.54) is 6.07 Å². The number of aromatic nitrogens is 3. The second-order valence-electron chi connectivity index (χ2n) is 5.48. The van der Waals surface area contributed by atoms with Crippen LogP contribution in [0.4, 0.5) is 0 Å². The van der Waals surface area contributed by atoms with Crippen LogP contribution in [0, 0.1) is 4.77 Å². The van der Waals surface area contributed by atoms with E-state index in [9.17, 15) is 10.2 Å². The summed E-state index contributed by atoms with van der Waals surface area (Å²) >= 11 is 11.4. The van der Waals surface area contributed by atoms with Crippen LogP contribution in [-0.2, 0) is 0 Å². The summed E-state index contributed by atoms with van der Waals surface area (Å²) in [6.45, 7) is 0. The molecule has 1 heterocycles. The molecule has 1 aromatic heterocycles. The number of fused-ring (bicyclic) bond motifs is 1. The Morgan fingerprint density at radius 3 is 2.60 bits per heavy atom. The van der Waals surface area contributed by atoms with E-state index in [2.05, 4.69) is 10.2 Å². The minimum absolute atomic E-state index is 0.129. The first kappa shape index (κ1) is 15.7. The van der Waals surface area contributed by atoms with E-state index in [-0.39, 0.29) is 16.5 Å². The number of aromatic hydroxyl groups is 2. The number of aromatic amines is 1. The van der Waals surface area contributed by atoms with Gasteiger partial charge in [0.15, 0.2) is 10.6 Å². The zero-order valence-corrected chi connectivity index (χ0v) is 14.3. The van der Waals surface area contributed by atoms with E-state index in [4.69, 9.17) is 23.8 Å². The zero-order valence-electron chi connectivity index (χ0n) is 12.8. The number of nitrogens with zero attached hydrogens (tertiary/aromatic N) is 2. The maximum atomic E-state index is 10.3. The van der Waals surface area contributed by atoms with Crippen LogP contribution in [0.5, 0.6) is 11.5 Å². The molecule has 0 aliphatic carbocycles. The molecule has 5 nitrogen and oxygen atoms in total. The summed E-state index contributed by atoms with van der Waals surface area (Å²) in [5.74, 6) is -0.0494. The molecule has 4 rings (SSSR count). The lowest BCUT2D eigenvalue weighted by molar-refractivity contribution is 0.452. The maximum absolute atomic E-state index is 10.3. The second-order valence-corrected chi connectivity index (χ2v) is 6.25. The highest BCUT2D eigenvalue weighted by molar-refractivity contribution is 7.71. The SMILES string of the molecule is Oc1ccc(-c2n[nH]c(=S)n2-c2cccc3ccccc23)c(O)c1Cl. The van der Waals surface area contributed by atoms with Crippen LogP contribution >= 0.6 is 23.8 Å². The molecule has 0 fully saturated rings. The van der Waals surface area contributed by atoms with Crippen LogP contribution in [0.3, 0.4) is 0 Å². The molecular weight excluding hydrogens is 358 g/mol. The first-order valence-corrected chi connectivity index (χ1v) is 8.23. The number of hydrogen-bond acceptors (Lipinski definition) is 4. The molecule has 124 valence electrons. The highest BCUT2D eigenvalue weighted by atomic mass is 35.5. The molecule has 0 aliphatic rings. The Balaban J connectivity index is 2.04. The molecule has 0 radical (unpaired) electrons. The molecule has 0 unspecified atom stereocenters. The molecule has 0 bridgehead atoms. The van der Waals surface area contributed by atoms with Crippen molar-refractivity contribution in [2.75, 3.05) is 0 Å². The molecule has 0 amide bonds. The van der Waals surface area contributed by atoms with Crippen molar-refractivity contribution in [3.63, 3.8) is 0 Å². The Kier molecular flexibility index (Phi) is 3.71. The molecule has 0 atom stereocenters. The van der Waals surface area contributed by atoms with Crippen molar-refractivity contribution in [2.24, 2.45) is 0 Å². The van der Waals surface area contributed by atoms with Gasteiger partial charge in [0.2, 0.25) is 0 Å². The highest BCUT2D eigenvalue weighted by Gasteiger charge is 2.19. The largest absolute Gasteiger partial charge is 0.506 e. The third-order valence-corrected chi connectivity index (χ3v) is 4.66. The summed E-state index contributed by atoms with van der Waals surface area (Å²) in [5, 5.41) is 28.9. The number of hydrogen-bond donors (Lipinski definition) is 3. The van der Waals surface area contributed by atoms with Crippen molar-refractivity contribution in [2.45, 2.75) is 0 Å². The molecular formula is C18H12ClN3O2S. The fraction of sp³-hybridized carbons (Fsp3) is 0. The third kappa shape index (κ3) is 2.47. The van der Waals surface area contributed by atoms with Crippen molar-refractivity contribution in [3.05, 3.63) is 64.4 Å². The summed E-state index contributed by atoms with van der Waals surface area (Å²) in [5.41, 5.74) is 1.19. The normalized spacial score (nSPS) is 11.1. The smallest absolute Gasteiger partial charge is 0.200 e. The molecule has 25 heavy (non-hydrogen) atoms. The summed E-state index contributed by atoms with van der Waals surface area (Å²) < 4.78 is 2.12. The lowest BCUT2D eigenvalue weighted by atomic mass is 10.1. The fourth-order valence-corrected chi connectivity index (χ4v) is 3.23. The molecule has 4 aromatic rings. The topological polar surface area (TPSA) is 74.1 Å². The molecule has 3 N–H and O–H groups in total. The predicted octanol–water partition coefficient (Wildman–Crippen LogP) is 4.81. The predicted molar refractivity (Wildman–Crippen MR) is 100 cm³/mol. The minimum Gasteiger partial charge on any atom is -0.506 e. The lowest BCUT2D eigenvalue weighted by Gasteiger charge is -2.12. The van der Waals surface area contributed by atoms with Gasteiger partial charge in [-0.05, 0) is 35.8 Å². The fourth-order valence-electron chi connectivity index (χ4n) is 2.84. The van der Waals surface area contributed by atoms with Gasteiger partial charge in [-0.25, -0.2) is 0 Å². The van der Waals surface area contributed by atoms with Gasteiger partial charge in [-0.15, -0.1) is 0 Å². The van der Waals surface area contributed by atoms with Gasteiger partial charge in [-0.2, -0.15) is 5.10 Å². The standard InChI is InChI=1S/C18H12ClN3O2S/c19-15-14(23)9-8-12(16(15)24)17-20-21-18(25)22(17)13-7-3-5-10-4-1-2-6-11(10)13/h1-9,23-24H,(H,21,25). The molecule has 0 aliphatic heterocycles. The summed E-state index contributed by atoms with van der Waals surface area (Å²) in [7, 11) is 0. The number of phenolic OH excluding ortho intramolecular Hbond substituents is 2. The first-order valence-electron chi connectivity index (χ1n) is 7.44. The average Bonchev–Trinajstić information content (AvgIpc) is 3.00. The van der Waals surface area contributed by atoms with E-state index in [1.54, 1.807) is 10.6 Å². The van der Waals surface area contributed by atoms with Crippen molar-refractivity contribution < 1.29 is 10.2 Å². The molecule has 0 spiro atoms. The number of phenols is 2. The molecule has 0 saturated heterocycles. The van der Waals surface area contributed by atoms with Crippen LogP contribution < -0.4 is 0 Å². The first-order chi connectivity index (χ1) is 12.1. The van der Waals surface area contributed by atoms with Crippen molar-refractivity contribution in [3.8, 4) is 28.6 Å². The van der Waals surface area contributed by atoms with Gasteiger partial charge in [0.25, 0.3) is 0 Å². The number of benzene rings is 3. The van der Waals surface area contributed by atoms with Gasteiger partial charge in [0.05, 0.1) is 11.3 Å².